The van der Waals surface area contributed by atoms with E-state index in [0.29, 0.717) is 61.3 Å². The maximum absolute atomic E-state index is 14.2. The minimum atomic E-state index is -2.78. The quantitative estimate of drug-likeness (QED) is 0.270. The van der Waals surface area contributed by atoms with E-state index in [1.807, 2.05) is 4.90 Å². The Labute approximate surface area is 262 Å². The molecule has 2 saturated heterocycles. The van der Waals surface area contributed by atoms with Crippen LogP contribution in [0.2, 0.25) is 0 Å². The van der Waals surface area contributed by atoms with Crippen LogP contribution in [0.4, 0.5) is 20.7 Å². The highest BCUT2D eigenvalue weighted by atomic mass is 19.3. The average Bonchev–Trinajstić information content (AvgIpc) is 3.48. The predicted molar refractivity (Wildman–Crippen MR) is 170 cm³/mol. The summed E-state index contributed by atoms with van der Waals surface area (Å²) in [6.07, 6.45) is 3.66. The van der Waals surface area contributed by atoms with Gasteiger partial charge < -0.3 is 20.3 Å². The van der Waals surface area contributed by atoms with E-state index >= 15 is 0 Å². The number of likely N-dealkylation sites (tertiary alicyclic amines) is 1. The minimum absolute atomic E-state index is 0.145. The second-order valence-corrected chi connectivity index (χ2v) is 12.3. The maximum atomic E-state index is 14.2. The molecule has 0 spiro atoms. The molecular formula is C33H41F2N9O. The molecule has 0 atom stereocenters. The van der Waals surface area contributed by atoms with Gasteiger partial charge in [-0.1, -0.05) is 42.5 Å². The lowest BCUT2D eigenvalue weighted by molar-refractivity contribution is 0.122. The first-order valence-electron chi connectivity index (χ1n) is 16.2. The van der Waals surface area contributed by atoms with Gasteiger partial charge in [0.05, 0.1) is 24.2 Å². The third-order valence-electron chi connectivity index (χ3n) is 9.26. The summed E-state index contributed by atoms with van der Waals surface area (Å²) >= 11 is 0. The van der Waals surface area contributed by atoms with Gasteiger partial charge in [-0.15, -0.1) is 0 Å². The summed E-state index contributed by atoms with van der Waals surface area (Å²) in [6, 6.07) is 19.0. The number of morpholine rings is 1. The van der Waals surface area contributed by atoms with E-state index in [1.54, 1.807) is 24.3 Å². The largest absolute Gasteiger partial charge is 0.378 e. The Hall–Kier alpha value is -3.74. The van der Waals surface area contributed by atoms with Crippen molar-refractivity contribution in [1.29, 1.82) is 0 Å². The van der Waals surface area contributed by atoms with Crippen molar-refractivity contribution < 1.29 is 13.5 Å². The number of aromatic nitrogens is 5. The lowest BCUT2D eigenvalue weighted by atomic mass is 9.90. The summed E-state index contributed by atoms with van der Waals surface area (Å²) < 4.78 is 35.3. The van der Waals surface area contributed by atoms with Crippen LogP contribution in [0.15, 0.2) is 54.6 Å². The van der Waals surface area contributed by atoms with Gasteiger partial charge in [-0.3, -0.25) is 9.47 Å². The van der Waals surface area contributed by atoms with E-state index in [1.165, 1.54) is 23.0 Å². The molecule has 2 aromatic heterocycles. The molecule has 1 aliphatic carbocycles. The molecule has 12 heteroatoms. The number of fused-ring (bicyclic) bond motifs is 1. The molecule has 3 fully saturated rings. The number of piperidine rings is 1. The summed E-state index contributed by atoms with van der Waals surface area (Å²) in [7, 11) is 0. The number of rotatable bonds is 9. The van der Waals surface area contributed by atoms with Crippen LogP contribution in [0.1, 0.15) is 56.3 Å². The molecule has 7 rings (SSSR count). The van der Waals surface area contributed by atoms with Gasteiger partial charge in [0, 0.05) is 37.8 Å². The number of halogens is 2. The molecule has 2 N–H and O–H groups in total. The van der Waals surface area contributed by atoms with Crippen LogP contribution in [0.5, 0.6) is 0 Å². The fourth-order valence-electron chi connectivity index (χ4n) is 6.84. The van der Waals surface area contributed by atoms with Crippen LogP contribution in [0.25, 0.3) is 17.0 Å². The van der Waals surface area contributed by atoms with E-state index in [2.05, 4.69) is 60.8 Å². The number of anilines is 2. The molecule has 2 aliphatic heterocycles. The number of benzene rings is 2. The normalized spacial score (nSPS) is 21.9. The van der Waals surface area contributed by atoms with Gasteiger partial charge in [-0.05, 0) is 69.3 Å². The minimum Gasteiger partial charge on any atom is -0.378 e. The number of hydrogen-bond donors (Lipinski definition) is 2. The van der Waals surface area contributed by atoms with Crippen LogP contribution in [0.3, 0.4) is 0 Å². The monoisotopic (exact) mass is 617 g/mol. The van der Waals surface area contributed by atoms with Crippen molar-refractivity contribution in [3.05, 3.63) is 66.0 Å². The molecule has 4 heterocycles. The van der Waals surface area contributed by atoms with Crippen LogP contribution < -0.4 is 15.5 Å². The molecule has 10 nitrogen and oxygen atoms in total. The van der Waals surface area contributed by atoms with Gasteiger partial charge in [0.15, 0.2) is 5.82 Å². The maximum Gasteiger partial charge on any atom is 0.296 e. The SMILES string of the molecule is FC(F)c1nc2ccccc2n1-c1nc(N[C@H]2CC[C@H](NC3CCN(Cc4ccccc4)CC3)CC2)nc(N2CCOCC2)n1. The number of imidazole rings is 1. The Morgan fingerprint density at radius 1 is 0.733 bits per heavy atom. The highest BCUT2D eigenvalue weighted by Gasteiger charge is 2.28. The number of nitrogens with one attached hydrogen (secondary N) is 2. The first kappa shape index (κ1) is 29.9. The zero-order valence-corrected chi connectivity index (χ0v) is 25.5. The van der Waals surface area contributed by atoms with Crippen molar-refractivity contribution in [3.63, 3.8) is 0 Å². The third kappa shape index (κ3) is 7.08. The van der Waals surface area contributed by atoms with Crippen LogP contribution >= 0.6 is 0 Å². The lowest BCUT2D eigenvalue weighted by Crippen LogP contribution is -2.47. The van der Waals surface area contributed by atoms with E-state index in [4.69, 9.17) is 9.72 Å². The fourth-order valence-corrected chi connectivity index (χ4v) is 6.84. The third-order valence-corrected chi connectivity index (χ3v) is 9.26. The van der Waals surface area contributed by atoms with Crippen molar-refractivity contribution in [2.45, 2.75) is 69.6 Å². The molecule has 238 valence electrons. The second kappa shape index (κ2) is 13.7. The van der Waals surface area contributed by atoms with Crippen molar-refractivity contribution in [1.82, 2.24) is 34.7 Å². The number of hydrogen-bond acceptors (Lipinski definition) is 9. The summed E-state index contributed by atoms with van der Waals surface area (Å²) in [5.41, 5.74) is 2.39. The highest BCUT2D eigenvalue weighted by Crippen LogP contribution is 2.29. The Kier molecular flexibility index (Phi) is 9.13. The van der Waals surface area contributed by atoms with Crippen molar-refractivity contribution >= 4 is 22.9 Å². The Morgan fingerprint density at radius 3 is 2.16 bits per heavy atom. The summed E-state index contributed by atoms with van der Waals surface area (Å²) in [4.78, 5) is 22.9. The fraction of sp³-hybridized carbons (Fsp3) is 0.515. The van der Waals surface area contributed by atoms with E-state index < -0.39 is 6.43 Å². The zero-order chi connectivity index (χ0) is 30.6. The molecule has 0 amide bonds. The summed E-state index contributed by atoms with van der Waals surface area (Å²) in [5, 5.41) is 7.48. The predicted octanol–water partition coefficient (Wildman–Crippen LogP) is 4.96. The average molecular weight is 618 g/mol. The first-order chi connectivity index (χ1) is 22.1. The number of para-hydroxylation sites is 2. The van der Waals surface area contributed by atoms with E-state index in [9.17, 15) is 8.78 Å². The molecule has 1 saturated carbocycles. The van der Waals surface area contributed by atoms with Crippen LogP contribution in [0, 0.1) is 0 Å². The number of alkyl halides is 2. The topological polar surface area (TPSA) is 96.3 Å². The zero-order valence-electron chi connectivity index (χ0n) is 25.5. The molecule has 0 bridgehead atoms. The Morgan fingerprint density at radius 2 is 1.40 bits per heavy atom. The van der Waals surface area contributed by atoms with Crippen molar-refractivity contribution in [2.75, 3.05) is 49.6 Å². The van der Waals surface area contributed by atoms with Gasteiger partial charge in [0.2, 0.25) is 17.8 Å². The molecule has 4 aromatic rings. The lowest BCUT2D eigenvalue weighted by Gasteiger charge is -2.37. The molecule has 45 heavy (non-hydrogen) atoms. The molecule has 0 unspecified atom stereocenters. The van der Waals surface area contributed by atoms with Crippen LogP contribution in [-0.2, 0) is 11.3 Å². The van der Waals surface area contributed by atoms with Crippen LogP contribution in [-0.4, -0.2) is 86.9 Å². The van der Waals surface area contributed by atoms with E-state index in [0.717, 1.165) is 45.3 Å². The molecule has 3 aliphatic rings. The van der Waals surface area contributed by atoms with Gasteiger partial charge in [-0.25, -0.2) is 13.8 Å². The number of nitrogens with zero attached hydrogens (tertiary/aromatic N) is 7. The molecule has 0 radical (unpaired) electrons. The number of ether oxygens (including phenoxy) is 1. The second-order valence-electron chi connectivity index (χ2n) is 12.3. The highest BCUT2D eigenvalue weighted by molar-refractivity contribution is 5.77. The Bertz CT molecular complexity index is 1550. The molecule has 2 aromatic carbocycles. The summed E-state index contributed by atoms with van der Waals surface area (Å²) in [5.74, 6) is 0.630. The van der Waals surface area contributed by atoms with Gasteiger partial charge in [-0.2, -0.15) is 15.0 Å². The van der Waals surface area contributed by atoms with Gasteiger partial charge in [0.1, 0.15) is 0 Å². The van der Waals surface area contributed by atoms with Gasteiger partial charge in [0.25, 0.3) is 6.43 Å². The standard InChI is InChI=1S/C33H41F2N9O/c34-29(35)30-38-27-8-4-5-9-28(27)44(30)33-40-31(39-32(41-33)43-18-20-45-21-19-43)37-25-12-10-24(11-13-25)36-26-14-16-42(17-15-26)22-23-6-2-1-3-7-23/h1-9,24-26,29,36H,10-22H2,(H,37,39,40,41)/t24-,25-. The van der Waals surface area contributed by atoms with Crippen molar-refractivity contribution in [3.8, 4) is 5.95 Å². The Balaban J connectivity index is 1.01. The van der Waals surface area contributed by atoms with Gasteiger partial charge >= 0.3 is 0 Å². The summed E-state index contributed by atoms with van der Waals surface area (Å²) in [6.45, 7) is 5.63. The first-order valence-corrected chi connectivity index (χ1v) is 16.2. The van der Waals surface area contributed by atoms with Crippen molar-refractivity contribution in [2.24, 2.45) is 0 Å². The van der Waals surface area contributed by atoms with E-state index in [-0.39, 0.29) is 17.8 Å². The molecular weight excluding hydrogens is 576 g/mol. The smallest absolute Gasteiger partial charge is 0.296 e.